The minimum Gasteiger partial charge on any atom is -0.496 e. The van der Waals surface area contributed by atoms with Gasteiger partial charge in [-0.25, -0.2) is 4.39 Å². The first-order chi connectivity index (χ1) is 16.5. The first-order valence-corrected chi connectivity index (χ1v) is 10.5. The SMILES string of the molecule is COc1ccc(C(=O)Nc2ccc(-c3ccccc3F)nc2)cc1C(=O)C(O)c1ccccc1. The third kappa shape index (κ3) is 4.84. The molecule has 0 aliphatic carbocycles. The minimum absolute atomic E-state index is 0.0829. The molecule has 0 aliphatic heterocycles. The lowest BCUT2D eigenvalue weighted by molar-refractivity contribution is 0.0744. The number of rotatable bonds is 7. The normalized spacial score (nSPS) is 11.5. The van der Waals surface area contributed by atoms with Crippen molar-refractivity contribution >= 4 is 17.4 Å². The van der Waals surface area contributed by atoms with E-state index in [2.05, 4.69) is 10.3 Å². The molecule has 1 atom stereocenters. The molecule has 0 saturated heterocycles. The summed E-state index contributed by atoms with van der Waals surface area (Å²) in [6.45, 7) is 0. The molecule has 7 heteroatoms. The number of carbonyl (C=O) groups is 2. The van der Waals surface area contributed by atoms with Gasteiger partial charge in [0.1, 0.15) is 17.7 Å². The molecule has 1 unspecified atom stereocenters. The van der Waals surface area contributed by atoms with Gasteiger partial charge in [-0.3, -0.25) is 14.6 Å². The number of aliphatic hydroxyl groups is 1. The van der Waals surface area contributed by atoms with Crippen molar-refractivity contribution in [2.45, 2.75) is 6.10 Å². The van der Waals surface area contributed by atoms with E-state index in [9.17, 15) is 19.1 Å². The number of anilines is 1. The summed E-state index contributed by atoms with van der Waals surface area (Å²) in [5.41, 5.74) is 1.91. The highest BCUT2D eigenvalue weighted by molar-refractivity contribution is 6.08. The van der Waals surface area contributed by atoms with Gasteiger partial charge in [0, 0.05) is 11.1 Å². The second-order valence-corrected chi connectivity index (χ2v) is 7.46. The molecule has 0 aliphatic rings. The molecule has 4 rings (SSSR count). The van der Waals surface area contributed by atoms with Crippen LogP contribution in [0.4, 0.5) is 10.1 Å². The lowest BCUT2D eigenvalue weighted by atomic mass is 9.97. The highest BCUT2D eigenvalue weighted by Crippen LogP contribution is 2.27. The van der Waals surface area contributed by atoms with E-state index >= 15 is 0 Å². The Balaban J connectivity index is 1.55. The van der Waals surface area contributed by atoms with Crippen molar-refractivity contribution < 1.29 is 23.8 Å². The summed E-state index contributed by atoms with van der Waals surface area (Å²) >= 11 is 0. The molecule has 170 valence electrons. The van der Waals surface area contributed by atoms with Crippen LogP contribution in [0.25, 0.3) is 11.3 Å². The standard InChI is InChI=1S/C27H21FN2O4/c1-34-24-14-11-18(15-21(24)26(32)25(31)17-7-3-2-4-8-17)27(33)30-19-12-13-23(29-16-19)20-9-5-6-10-22(20)28/h2-16,25,31H,1H3,(H,30,33). The smallest absolute Gasteiger partial charge is 0.255 e. The van der Waals surface area contributed by atoms with Gasteiger partial charge in [-0.1, -0.05) is 42.5 Å². The van der Waals surface area contributed by atoms with Crippen LogP contribution in [0, 0.1) is 5.82 Å². The van der Waals surface area contributed by atoms with E-state index in [-0.39, 0.29) is 22.7 Å². The third-order valence-corrected chi connectivity index (χ3v) is 5.26. The zero-order chi connectivity index (χ0) is 24.1. The molecule has 6 nitrogen and oxygen atoms in total. The Bertz CT molecular complexity index is 1320. The van der Waals surface area contributed by atoms with Crippen LogP contribution in [0.5, 0.6) is 5.75 Å². The van der Waals surface area contributed by atoms with E-state index in [1.54, 1.807) is 60.7 Å². The van der Waals surface area contributed by atoms with Gasteiger partial charge < -0.3 is 15.2 Å². The molecular weight excluding hydrogens is 435 g/mol. The van der Waals surface area contributed by atoms with Gasteiger partial charge >= 0.3 is 0 Å². The fourth-order valence-corrected chi connectivity index (χ4v) is 3.48. The van der Waals surface area contributed by atoms with E-state index in [1.165, 1.54) is 37.6 Å². The number of amides is 1. The van der Waals surface area contributed by atoms with Gasteiger partial charge in [0.05, 0.1) is 30.3 Å². The van der Waals surface area contributed by atoms with Crippen molar-refractivity contribution in [1.82, 2.24) is 4.98 Å². The van der Waals surface area contributed by atoms with Crippen LogP contribution in [0.15, 0.2) is 91.1 Å². The van der Waals surface area contributed by atoms with E-state index in [0.29, 0.717) is 22.5 Å². The van der Waals surface area contributed by atoms with E-state index in [4.69, 9.17) is 4.74 Å². The predicted molar refractivity (Wildman–Crippen MR) is 126 cm³/mol. The van der Waals surface area contributed by atoms with Crippen molar-refractivity contribution in [3.05, 3.63) is 114 Å². The van der Waals surface area contributed by atoms with Crippen molar-refractivity contribution in [3.8, 4) is 17.0 Å². The van der Waals surface area contributed by atoms with E-state index < -0.39 is 17.8 Å². The quantitative estimate of drug-likeness (QED) is 0.379. The number of nitrogens with one attached hydrogen (secondary N) is 1. The highest BCUT2D eigenvalue weighted by atomic mass is 19.1. The summed E-state index contributed by atoms with van der Waals surface area (Å²) in [4.78, 5) is 30.0. The summed E-state index contributed by atoms with van der Waals surface area (Å²) < 4.78 is 19.2. The van der Waals surface area contributed by atoms with Crippen molar-refractivity contribution in [2.75, 3.05) is 12.4 Å². The number of nitrogens with zero attached hydrogens (tertiary/aromatic N) is 1. The van der Waals surface area contributed by atoms with Gasteiger partial charge in [0.15, 0.2) is 5.78 Å². The maximum absolute atomic E-state index is 14.0. The Morgan fingerprint density at radius 1 is 0.971 bits per heavy atom. The molecule has 0 bridgehead atoms. The number of benzene rings is 3. The van der Waals surface area contributed by atoms with Crippen LogP contribution in [-0.2, 0) is 0 Å². The summed E-state index contributed by atoms with van der Waals surface area (Å²) in [6, 6.07) is 22.4. The molecule has 1 aromatic heterocycles. The third-order valence-electron chi connectivity index (χ3n) is 5.26. The van der Waals surface area contributed by atoms with E-state index in [1.807, 2.05) is 0 Å². The van der Waals surface area contributed by atoms with Gasteiger partial charge in [-0.2, -0.15) is 0 Å². The fourth-order valence-electron chi connectivity index (χ4n) is 3.48. The Labute approximate surface area is 195 Å². The molecule has 0 radical (unpaired) electrons. The molecular formula is C27H21FN2O4. The van der Waals surface area contributed by atoms with Gasteiger partial charge in [0.2, 0.25) is 0 Å². The van der Waals surface area contributed by atoms with Crippen LogP contribution in [-0.4, -0.2) is 28.9 Å². The molecule has 34 heavy (non-hydrogen) atoms. The number of ketones is 1. The van der Waals surface area contributed by atoms with Gasteiger partial charge in [-0.05, 0) is 48.0 Å². The Morgan fingerprint density at radius 3 is 2.38 bits per heavy atom. The number of Topliss-reactive ketones (excluding diaryl/α,β-unsaturated/α-hetero) is 1. The summed E-state index contributed by atoms with van der Waals surface area (Å²) in [5, 5.41) is 13.2. The van der Waals surface area contributed by atoms with Crippen molar-refractivity contribution in [1.29, 1.82) is 0 Å². The summed E-state index contributed by atoms with van der Waals surface area (Å²) in [7, 11) is 1.41. The number of aromatic nitrogens is 1. The minimum atomic E-state index is -1.40. The monoisotopic (exact) mass is 456 g/mol. The largest absolute Gasteiger partial charge is 0.496 e. The maximum atomic E-state index is 14.0. The number of halogens is 1. The van der Waals surface area contributed by atoms with Crippen LogP contribution in [0.1, 0.15) is 32.4 Å². The molecule has 1 amide bonds. The summed E-state index contributed by atoms with van der Waals surface area (Å²) in [5.74, 6) is -1.22. The van der Waals surface area contributed by atoms with Crippen molar-refractivity contribution in [3.63, 3.8) is 0 Å². The Morgan fingerprint density at radius 2 is 1.71 bits per heavy atom. The van der Waals surface area contributed by atoms with Crippen LogP contribution in [0.3, 0.4) is 0 Å². The van der Waals surface area contributed by atoms with Crippen LogP contribution >= 0.6 is 0 Å². The molecule has 1 heterocycles. The first kappa shape index (κ1) is 22.8. The highest BCUT2D eigenvalue weighted by Gasteiger charge is 2.24. The number of methoxy groups -OCH3 is 1. The van der Waals surface area contributed by atoms with Crippen LogP contribution < -0.4 is 10.1 Å². The van der Waals surface area contributed by atoms with E-state index in [0.717, 1.165) is 0 Å². The van der Waals surface area contributed by atoms with Crippen molar-refractivity contribution in [2.24, 2.45) is 0 Å². The molecule has 2 N–H and O–H groups in total. The fraction of sp³-hybridized carbons (Fsp3) is 0.0741. The van der Waals surface area contributed by atoms with Gasteiger partial charge in [-0.15, -0.1) is 0 Å². The number of aliphatic hydroxyl groups excluding tert-OH is 1. The maximum Gasteiger partial charge on any atom is 0.255 e. The number of pyridine rings is 1. The average Bonchev–Trinajstić information content (AvgIpc) is 2.88. The molecule has 0 spiro atoms. The lowest BCUT2D eigenvalue weighted by Crippen LogP contribution is -2.16. The van der Waals surface area contributed by atoms with Gasteiger partial charge in [0.25, 0.3) is 5.91 Å². The second-order valence-electron chi connectivity index (χ2n) is 7.46. The summed E-state index contributed by atoms with van der Waals surface area (Å²) in [6.07, 6.45) is 0.0255. The second kappa shape index (κ2) is 10.1. The Kier molecular flexibility index (Phi) is 6.75. The first-order valence-electron chi connectivity index (χ1n) is 10.5. The topological polar surface area (TPSA) is 88.5 Å². The Hall–Kier alpha value is -4.36. The molecule has 0 fully saturated rings. The lowest BCUT2D eigenvalue weighted by Gasteiger charge is -2.14. The van der Waals surface area contributed by atoms with Crippen LogP contribution in [0.2, 0.25) is 0 Å². The molecule has 0 saturated carbocycles. The molecule has 4 aromatic rings. The zero-order valence-electron chi connectivity index (χ0n) is 18.2. The number of carbonyl (C=O) groups excluding carboxylic acids is 2. The predicted octanol–water partition coefficient (Wildman–Crippen LogP) is 5.06. The zero-order valence-corrected chi connectivity index (χ0v) is 18.2. The number of hydrogen-bond donors (Lipinski definition) is 2. The number of ether oxygens (including phenoxy) is 1. The number of hydrogen-bond acceptors (Lipinski definition) is 5. The average molecular weight is 456 g/mol. The molecule has 3 aromatic carbocycles.